The van der Waals surface area contributed by atoms with Crippen LogP contribution in [-0.4, -0.2) is 40.6 Å². The van der Waals surface area contributed by atoms with E-state index in [1.807, 2.05) is 0 Å². The number of ether oxygens (including phenoxy) is 2. The van der Waals surface area contributed by atoms with Crippen molar-refractivity contribution < 1.29 is 27.5 Å². The summed E-state index contributed by atoms with van der Waals surface area (Å²) in [6, 6.07) is 9.99. The molecule has 0 aliphatic heterocycles. The second kappa shape index (κ2) is 9.05. The maximum atomic E-state index is 12.3. The van der Waals surface area contributed by atoms with Crippen LogP contribution in [0, 0.1) is 0 Å². The molecule has 2 aromatic carbocycles. The Hall–Kier alpha value is -2.62. The van der Waals surface area contributed by atoms with E-state index in [1.54, 1.807) is 12.1 Å². The van der Waals surface area contributed by atoms with Gasteiger partial charge in [0.2, 0.25) is 10.0 Å². The van der Waals surface area contributed by atoms with Crippen molar-refractivity contribution in [2.75, 3.05) is 19.5 Å². The lowest BCUT2D eigenvalue weighted by atomic mass is 10.2. The van der Waals surface area contributed by atoms with Gasteiger partial charge in [0.1, 0.15) is 5.75 Å². The lowest BCUT2D eigenvalue weighted by Crippen LogP contribution is -2.30. The fourth-order valence-corrected chi connectivity index (χ4v) is 3.15. The third-order valence-corrected chi connectivity index (χ3v) is 5.37. The van der Waals surface area contributed by atoms with Crippen LogP contribution in [0.25, 0.3) is 0 Å². The van der Waals surface area contributed by atoms with Crippen LogP contribution in [0.4, 0.5) is 5.69 Å². The maximum absolute atomic E-state index is 12.3. The third kappa shape index (κ3) is 5.22. The minimum atomic E-state index is -3.71. The fourth-order valence-electron chi connectivity index (χ4n) is 2.20. The molecule has 2 aromatic rings. The average molecular weight is 427 g/mol. The van der Waals surface area contributed by atoms with Crippen molar-refractivity contribution in [3.05, 3.63) is 53.1 Å². The number of carbonyl (C=O) groups is 2. The first kappa shape index (κ1) is 21.7. The van der Waals surface area contributed by atoms with Gasteiger partial charge in [-0.15, -0.1) is 0 Å². The zero-order chi connectivity index (χ0) is 20.9. The van der Waals surface area contributed by atoms with Crippen LogP contribution in [-0.2, 0) is 19.6 Å². The molecule has 28 heavy (non-hydrogen) atoms. The molecular formula is C18H19ClN2O6S. The van der Waals surface area contributed by atoms with Gasteiger partial charge in [-0.3, -0.25) is 4.79 Å². The minimum Gasteiger partial charge on any atom is -0.495 e. The number of methoxy groups -OCH3 is 1. The summed E-state index contributed by atoms with van der Waals surface area (Å²) in [6.45, 7) is 1.39. The van der Waals surface area contributed by atoms with Crippen molar-refractivity contribution in [2.45, 2.75) is 17.9 Å². The molecule has 150 valence electrons. The zero-order valence-corrected chi connectivity index (χ0v) is 16.9. The number of rotatable bonds is 7. The molecule has 0 spiro atoms. The van der Waals surface area contributed by atoms with Gasteiger partial charge in [-0.05, 0) is 50.4 Å². The second-order valence-corrected chi connectivity index (χ2v) is 7.94. The van der Waals surface area contributed by atoms with Crippen LogP contribution in [0.3, 0.4) is 0 Å². The summed E-state index contributed by atoms with van der Waals surface area (Å²) in [7, 11) is -1.02. The van der Waals surface area contributed by atoms with Crippen molar-refractivity contribution in [1.82, 2.24) is 4.72 Å². The first-order chi connectivity index (χ1) is 13.2. The molecule has 1 amide bonds. The summed E-state index contributed by atoms with van der Waals surface area (Å²) in [5, 5.41) is 2.96. The standard InChI is InChI=1S/C18H19ClN2O6S/c1-11(17(22)21-15-10-13(19)7-8-16(15)26-3)27-18(23)12-5-4-6-14(9-12)28(24,25)20-2/h4-11,20H,1-3H3,(H,21,22)/t11-/m0/s1. The molecule has 0 bridgehead atoms. The minimum absolute atomic E-state index is 0.00342. The van der Waals surface area contributed by atoms with Gasteiger partial charge in [0.15, 0.2) is 6.10 Å². The number of hydrogen-bond acceptors (Lipinski definition) is 6. The van der Waals surface area contributed by atoms with Gasteiger partial charge >= 0.3 is 5.97 Å². The normalized spacial score (nSPS) is 12.1. The maximum Gasteiger partial charge on any atom is 0.338 e. The quantitative estimate of drug-likeness (QED) is 0.658. The molecule has 0 aliphatic rings. The summed E-state index contributed by atoms with van der Waals surface area (Å²) in [5.74, 6) is -1.05. The Bertz CT molecular complexity index is 993. The highest BCUT2D eigenvalue weighted by Gasteiger charge is 2.21. The highest BCUT2D eigenvalue weighted by molar-refractivity contribution is 7.89. The average Bonchev–Trinajstić information content (AvgIpc) is 2.68. The van der Waals surface area contributed by atoms with E-state index in [-0.39, 0.29) is 10.5 Å². The summed E-state index contributed by atoms with van der Waals surface area (Å²) < 4.78 is 36.1. The molecule has 0 radical (unpaired) electrons. The molecule has 2 rings (SSSR count). The predicted molar refractivity (Wildman–Crippen MR) is 104 cm³/mol. The molecule has 10 heteroatoms. The van der Waals surface area contributed by atoms with Crippen LogP contribution < -0.4 is 14.8 Å². The molecule has 0 aliphatic carbocycles. The Morgan fingerprint density at radius 3 is 2.50 bits per heavy atom. The fraction of sp³-hybridized carbons (Fsp3) is 0.222. The third-order valence-electron chi connectivity index (χ3n) is 3.72. The molecule has 0 fully saturated rings. The summed E-state index contributed by atoms with van der Waals surface area (Å²) in [6.07, 6.45) is -1.15. The highest BCUT2D eigenvalue weighted by Crippen LogP contribution is 2.27. The largest absolute Gasteiger partial charge is 0.495 e. The van der Waals surface area contributed by atoms with E-state index in [0.717, 1.165) is 0 Å². The van der Waals surface area contributed by atoms with E-state index < -0.39 is 28.0 Å². The van der Waals surface area contributed by atoms with Crippen LogP contribution in [0.1, 0.15) is 17.3 Å². The van der Waals surface area contributed by atoms with Crippen molar-refractivity contribution in [3.8, 4) is 5.75 Å². The Balaban J connectivity index is 2.11. The number of benzene rings is 2. The van der Waals surface area contributed by atoms with Crippen LogP contribution in [0.15, 0.2) is 47.4 Å². The van der Waals surface area contributed by atoms with Crippen molar-refractivity contribution >= 4 is 39.2 Å². The molecule has 0 unspecified atom stereocenters. The van der Waals surface area contributed by atoms with E-state index in [9.17, 15) is 18.0 Å². The van der Waals surface area contributed by atoms with Crippen molar-refractivity contribution in [3.63, 3.8) is 0 Å². The molecular weight excluding hydrogens is 408 g/mol. The first-order valence-corrected chi connectivity index (χ1v) is 9.93. The second-order valence-electron chi connectivity index (χ2n) is 5.62. The molecule has 0 heterocycles. The van der Waals surface area contributed by atoms with E-state index >= 15 is 0 Å². The van der Waals surface area contributed by atoms with Gasteiger partial charge < -0.3 is 14.8 Å². The zero-order valence-electron chi connectivity index (χ0n) is 15.4. The van der Waals surface area contributed by atoms with Crippen molar-refractivity contribution in [2.24, 2.45) is 0 Å². The first-order valence-electron chi connectivity index (χ1n) is 8.07. The lowest BCUT2D eigenvalue weighted by Gasteiger charge is -2.15. The summed E-state index contributed by atoms with van der Waals surface area (Å²) in [4.78, 5) is 24.5. The Labute approximate surface area is 167 Å². The van der Waals surface area contributed by atoms with Crippen LogP contribution in [0.2, 0.25) is 5.02 Å². The van der Waals surface area contributed by atoms with E-state index in [0.29, 0.717) is 16.5 Å². The highest BCUT2D eigenvalue weighted by atomic mass is 35.5. The van der Waals surface area contributed by atoms with Gasteiger partial charge in [-0.1, -0.05) is 17.7 Å². The molecule has 0 aromatic heterocycles. The molecule has 2 N–H and O–H groups in total. The molecule has 0 saturated carbocycles. The number of hydrogen-bond donors (Lipinski definition) is 2. The van der Waals surface area contributed by atoms with Crippen LogP contribution >= 0.6 is 11.6 Å². The topological polar surface area (TPSA) is 111 Å². The number of halogens is 1. The number of carbonyl (C=O) groups excluding carboxylic acids is 2. The number of nitrogens with one attached hydrogen (secondary N) is 2. The van der Waals surface area contributed by atoms with E-state index in [2.05, 4.69) is 10.0 Å². The molecule has 0 saturated heterocycles. The smallest absolute Gasteiger partial charge is 0.338 e. The van der Waals surface area contributed by atoms with E-state index in [1.165, 1.54) is 51.4 Å². The van der Waals surface area contributed by atoms with Crippen molar-refractivity contribution in [1.29, 1.82) is 0 Å². The number of anilines is 1. The van der Waals surface area contributed by atoms with Gasteiger partial charge in [0.05, 0.1) is 23.3 Å². The Morgan fingerprint density at radius 1 is 1.14 bits per heavy atom. The Kier molecular flexibility index (Phi) is 7.00. The lowest BCUT2D eigenvalue weighted by molar-refractivity contribution is -0.123. The van der Waals surface area contributed by atoms with Gasteiger partial charge in [0, 0.05) is 5.02 Å². The Morgan fingerprint density at radius 2 is 1.86 bits per heavy atom. The van der Waals surface area contributed by atoms with Gasteiger partial charge in [0.25, 0.3) is 5.91 Å². The molecule has 1 atom stereocenters. The van der Waals surface area contributed by atoms with Gasteiger partial charge in [-0.2, -0.15) is 0 Å². The van der Waals surface area contributed by atoms with Gasteiger partial charge in [-0.25, -0.2) is 17.9 Å². The number of amides is 1. The monoisotopic (exact) mass is 426 g/mol. The van der Waals surface area contributed by atoms with Crippen LogP contribution in [0.5, 0.6) is 5.75 Å². The predicted octanol–water partition coefficient (Wildman–Crippen LogP) is 2.44. The number of esters is 1. The summed E-state index contributed by atoms with van der Waals surface area (Å²) >= 11 is 5.92. The molecule has 8 nitrogen and oxygen atoms in total. The number of sulfonamides is 1. The van der Waals surface area contributed by atoms with E-state index in [4.69, 9.17) is 21.1 Å². The SMILES string of the molecule is CNS(=O)(=O)c1cccc(C(=O)O[C@@H](C)C(=O)Nc2cc(Cl)ccc2OC)c1. The summed E-state index contributed by atoms with van der Waals surface area (Å²) in [5.41, 5.74) is 0.321.